The largest absolute Gasteiger partial charge is 0.394 e. The zero-order valence-corrected chi connectivity index (χ0v) is 13.4. The highest BCUT2D eigenvalue weighted by Gasteiger charge is 2.33. The molecule has 0 amide bonds. The average Bonchev–Trinajstić information content (AvgIpc) is 2.37. The quantitative estimate of drug-likeness (QED) is 0.368. The molecule has 0 saturated heterocycles. The molecule has 0 heterocycles. The van der Waals surface area contributed by atoms with Crippen molar-refractivity contribution in [1.82, 2.24) is 0 Å². The van der Waals surface area contributed by atoms with Gasteiger partial charge in [0.1, 0.15) is 0 Å². The summed E-state index contributed by atoms with van der Waals surface area (Å²) in [5.41, 5.74) is 0. The molecule has 0 radical (unpaired) electrons. The average molecular weight is 260 g/mol. The normalized spacial score (nSPS) is 12.0. The molecule has 0 aliphatic rings. The molecule has 0 N–H and O–H groups in total. The molecule has 0 spiro atoms. The Hall–Kier alpha value is 0.137. The van der Waals surface area contributed by atoms with Crippen molar-refractivity contribution in [1.29, 1.82) is 0 Å². The minimum Gasteiger partial charge on any atom is -0.394 e. The van der Waals surface area contributed by atoms with Crippen LogP contribution < -0.4 is 0 Å². The molecule has 0 saturated carbocycles. The third-order valence-electron chi connectivity index (χ3n) is 3.30. The first-order valence-electron chi connectivity index (χ1n) is 7.52. The van der Waals surface area contributed by atoms with Gasteiger partial charge in [-0.3, -0.25) is 0 Å². The van der Waals surface area contributed by atoms with Gasteiger partial charge in [0.25, 0.3) is 0 Å². The van der Waals surface area contributed by atoms with Crippen molar-refractivity contribution in [3.05, 3.63) is 0 Å². The molecular weight excluding hydrogens is 228 g/mol. The van der Waals surface area contributed by atoms with Crippen molar-refractivity contribution >= 4 is 8.56 Å². The second-order valence-electron chi connectivity index (χ2n) is 4.73. The Morgan fingerprint density at radius 1 is 0.647 bits per heavy atom. The lowest BCUT2D eigenvalue weighted by Gasteiger charge is -2.28. The van der Waals surface area contributed by atoms with Crippen LogP contribution in [-0.4, -0.2) is 21.8 Å². The summed E-state index contributed by atoms with van der Waals surface area (Å²) in [6.45, 7) is 10.7. The van der Waals surface area contributed by atoms with Crippen LogP contribution >= 0.6 is 0 Å². The number of unbranched alkanes of at least 4 members (excludes halogenated alkanes) is 4. The molecule has 0 unspecified atom stereocenters. The van der Waals surface area contributed by atoms with Crippen LogP contribution in [-0.2, 0) is 8.85 Å². The summed E-state index contributed by atoms with van der Waals surface area (Å²) < 4.78 is 12.3. The number of hydrogen-bond acceptors (Lipinski definition) is 2. The lowest BCUT2D eigenvalue weighted by atomic mass is 10.3. The van der Waals surface area contributed by atoms with E-state index in [0.29, 0.717) is 0 Å². The predicted molar refractivity (Wildman–Crippen MR) is 77.7 cm³/mol. The van der Waals surface area contributed by atoms with Crippen LogP contribution in [0.1, 0.15) is 66.2 Å². The number of rotatable bonds is 12. The van der Waals surface area contributed by atoms with E-state index in [0.717, 1.165) is 25.3 Å². The van der Waals surface area contributed by atoms with E-state index in [-0.39, 0.29) is 0 Å². The van der Waals surface area contributed by atoms with E-state index in [1.54, 1.807) is 0 Å². The van der Waals surface area contributed by atoms with Gasteiger partial charge >= 0.3 is 8.56 Å². The molecule has 0 aromatic heterocycles. The smallest absolute Gasteiger partial charge is 0.337 e. The van der Waals surface area contributed by atoms with E-state index in [1.165, 1.54) is 38.5 Å². The van der Waals surface area contributed by atoms with Gasteiger partial charge in [-0.1, -0.05) is 53.4 Å². The van der Waals surface area contributed by atoms with Gasteiger partial charge in [-0.15, -0.1) is 0 Å². The van der Waals surface area contributed by atoms with Gasteiger partial charge in [-0.25, -0.2) is 0 Å². The van der Waals surface area contributed by atoms with Gasteiger partial charge in [0.05, 0.1) is 0 Å². The Kier molecular flexibility index (Phi) is 11.3. The monoisotopic (exact) mass is 260 g/mol. The Balaban J connectivity index is 3.88. The SMILES string of the molecule is CCCCCO[Si](CC)(CC)OCCCCC. The van der Waals surface area contributed by atoms with Gasteiger partial charge in [0.2, 0.25) is 0 Å². The van der Waals surface area contributed by atoms with Crippen molar-refractivity contribution in [3.63, 3.8) is 0 Å². The maximum absolute atomic E-state index is 6.13. The molecule has 0 bridgehead atoms. The Morgan fingerprint density at radius 3 is 1.35 bits per heavy atom. The first kappa shape index (κ1) is 17.1. The summed E-state index contributed by atoms with van der Waals surface area (Å²) in [5, 5.41) is 0. The van der Waals surface area contributed by atoms with Crippen LogP contribution in [0.2, 0.25) is 12.1 Å². The highest BCUT2D eigenvalue weighted by molar-refractivity contribution is 6.67. The van der Waals surface area contributed by atoms with Crippen LogP contribution in [0.4, 0.5) is 0 Å². The van der Waals surface area contributed by atoms with Crippen LogP contribution in [0, 0.1) is 0 Å². The summed E-state index contributed by atoms with van der Waals surface area (Å²) >= 11 is 0. The summed E-state index contributed by atoms with van der Waals surface area (Å²) in [6.07, 6.45) is 7.43. The molecule has 0 rings (SSSR count). The second kappa shape index (κ2) is 11.2. The molecule has 3 heteroatoms. The van der Waals surface area contributed by atoms with Gasteiger partial charge < -0.3 is 8.85 Å². The molecule has 0 fully saturated rings. The zero-order chi connectivity index (χ0) is 13.0. The van der Waals surface area contributed by atoms with Crippen LogP contribution in [0.5, 0.6) is 0 Å². The molecular formula is C14H32O2Si. The van der Waals surface area contributed by atoms with Gasteiger partial charge in [0.15, 0.2) is 0 Å². The van der Waals surface area contributed by atoms with Crippen molar-refractivity contribution < 1.29 is 8.85 Å². The molecule has 0 atom stereocenters. The standard InChI is InChI=1S/C14H32O2Si/c1-5-9-11-13-15-17(7-3,8-4)16-14-12-10-6-2/h5-14H2,1-4H3. The summed E-state index contributed by atoms with van der Waals surface area (Å²) in [7, 11) is -1.84. The van der Waals surface area contributed by atoms with E-state index in [9.17, 15) is 0 Å². The first-order valence-corrected chi connectivity index (χ1v) is 9.75. The lowest BCUT2D eigenvalue weighted by molar-refractivity contribution is 0.163. The fraction of sp³-hybridized carbons (Fsp3) is 1.00. The second-order valence-corrected chi connectivity index (χ2v) is 8.54. The molecule has 0 aromatic carbocycles. The van der Waals surface area contributed by atoms with Gasteiger partial charge in [0, 0.05) is 13.2 Å². The van der Waals surface area contributed by atoms with Gasteiger partial charge in [-0.05, 0) is 24.9 Å². The molecule has 2 nitrogen and oxygen atoms in total. The van der Waals surface area contributed by atoms with Crippen molar-refractivity contribution in [3.8, 4) is 0 Å². The summed E-state index contributed by atoms with van der Waals surface area (Å²) in [5.74, 6) is 0. The Labute approximate surface area is 109 Å². The topological polar surface area (TPSA) is 18.5 Å². The lowest BCUT2D eigenvalue weighted by Crippen LogP contribution is -2.41. The van der Waals surface area contributed by atoms with E-state index < -0.39 is 8.56 Å². The van der Waals surface area contributed by atoms with Crippen LogP contribution in [0.15, 0.2) is 0 Å². The third-order valence-corrected chi connectivity index (χ3v) is 6.92. The highest BCUT2D eigenvalue weighted by atomic mass is 28.4. The fourth-order valence-electron chi connectivity index (χ4n) is 1.92. The van der Waals surface area contributed by atoms with Crippen molar-refractivity contribution in [2.24, 2.45) is 0 Å². The van der Waals surface area contributed by atoms with E-state index >= 15 is 0 Å². The Morgan fingerprint density at radius 2 is 1.06 bits per heavy atom. The van der Waals surface area contributed by atoms with E-state index in [1.807, 2.05) is 0 Å². The van der Waals surface area contributed by atoms with Crippen LogP contribution in [0.3, 0.4) is 0 Å². The first-order chi connectivity index (χ1) is 8.24. The molecule has 104 valence electrons. The van der Waals surface area contributed by atoms with Gasteiger partial charge in [-0.2, -0.15) is 0 Å². The minimum atomic E-state index is -1.84. The molecule has 0 aromatic rings. The summed E-state index contributed by atoms with van der Waals surface area (Å²) in [6, 6.07) is 2.17. The highest BCUT2D eigenvalue weighted by Crippen LogP contribution is 2.19. The number of hydrogen-bond donors (Lipinski definition) is 0. The van der Waals surface area contributed by atoms with Crippen molar-refractivity contribution in [2.75, 3.05) is 13.2 Å². The maximum atomic E-state index is 6.13. The maximum Gasteiger partial charge on any atom is 0.337 e. The summed E-state index contributed by atoms with van der Waals surface area (Å²) in [4.78, 5) is 0. The third kappa shape index (κ3) is 7.95. The van der Waals surface area contributed by atoms with Crippen LogP contribution in [0.25, 0.3) is 0 Å². The fourth-order valence-corrected chi connectivity index (χ4v) is 4.35. The Bertz CT molecular complexity index is 144. The predicted octanol–water partition coefficient (Wildman–Crippen LogP) is 4.88. The van der Waals surface area contributed by atoms with Crippen molar-refractivity contribution in [2.45, 2.75) is 78.3 Å². The molecule has 0 aliphatic heterocycles. The zero-order valence-electron chi connectivity index (χ0n) is 12.4. The van der Waals surface area contributed by atoms with E-state index in [2.05, 4.69) is 27.7 Å². The van der Waals surface area contributed by atoms with E-state index in [4.69, 9.17) is 8.85 Å². The minimum absolute atomic E-state index is 0.898. The molecule has 0 aliphatic carbocycles. The molecule has 17 heavy (non-hydrogen) atoms.